The van der Waals surface area contributed by atoms with Crippen molar-refractivity contribution in [3.63, 3.8) is 0 Å². The number of nitrogens with zero attached hydrogens (tertiary/aromatic N) is 1. The fraction of sp³-hybridized carbons (Fsp3) is 0.304. The Balaban J connectivity index is 1.50. The van der Waals surface area contributed by atoms with Crippen LogP contribution in [0.25, 0.3) is 0 Å². The predicted molar refractivity (Wildman–Crippen MR) is 114 cm³/mol. The molecule has 0 bridgehead atoms. The van der Waals surface area contributed by atoms with Crippen LogP contribution < -0.4 is 10.7 Å². The minimum Gasteiger partial charge on any atom is -0.455 e. The number of carbonyl (C=O) groups is 4. The number of hydrogen-bond donors (Lipinski definition) is 2. The Labute approximate surface area is 180 Å². The van der Waals surface area contributed by atoms with E-state index in [0.717, 1.165) is 22.6 Å². The Morgan fingerprint density at radius 3 is 2.55 bits per heavy atom. The maximum Gasteiger partial charge on any atom is 0.311 e. The summed E-state index contributed by atoms with van der Waals surface area (Å²) in [5.74, 6) is -2.66. The molecule has 0 spiro atoms. The molecule has 1 atom stereocenters. The third-order valence-corrected chi connectivity index (χ3v) is 5.10. The second kappa shape index (κ2) is 9.88. The van der Waals surface area contributed by atoms with Gasteiger partial charge in [-0.1, -0.05) is 43.3 Å². The number of rotatable bonds is 7. The molecule has 0 unspecified atom stereocenters. The largest absolute Gasteiger partial charge is 0.455 e. The number of amides is 3. The molecule has 31 heavy (non-hydrogen) atoms. The van der Waals surface area contributed by atoms with Crippen molar-refractivity contribution in [3.8, 4) is 0 Å². The van der Waals surface area contributed by atoms with Crippen LogP contribution in [0.2, 0.25) is 0 Å². The molecule has 1 fully saturated rings. The van der Waals surface area contributed by atoms with Gasteiger partial charge in [-0.3, -0.25) is 29.6 Å². The first kappa shape index (κ1) is 22.0. The van der Waals surface area contributed by atoms with Gasteiger partial charge in [-0.2, -0.15) is 0 Å². The van der Waals surface area contributed by atoms with Crippen LogP contribution in [-0.4, -0.2) is 41.9 Å². The highest BCUT2D eigenvalue weighted by molar-refractivity contribution is 5.98. The lowest BCUT2D eigenvalue weighted by atomic mass is 10.1. The molecule has 1 saturated heterocycles. The number of esters is 1. The zero-order valence-corrected chi connectivity index (χ0v) is 17.5. The number of anilines is 1. The summed E-state index contributed by atoms with van der Waals surface area (Å²) in [6.07, 6.45) is 0.664. The van der Waals surface area contributed by atoms with Gasteiger partial charge >= 0.3 is 5.97 Å². The van der Waals surface area contributed by atoms with Gasteiger partial charge in [0.15, 0.2) is 6.61 Å². The van der Waals surface area contributed by atoms with E-state index in [1.165, 1.54) is 0 Å². The van der Waals surface area contributed by atoms with E-state index in [1.807, 2.05) is 31.2 Å². The Morgan fingerprint density at radius 2 is 1.81 bits per heavy atom. The molecular weight excluding hydrogens is 398 g/mol. The number of carbonyl (C=O) groups excluding carboxylic acids is 4. The fourth-order valence-electron chi connectivity index (χ4n) is 3.38. The van der Waals surface area contributed by atoms with Crippen LogP contribution in [0.3, 0.4) is 0 Å². The summed E-state index contributed by atoms with van der Waals surface area (Å²) in [4.78, 5) is 49.1. The maximum absolute atomic E-state index is 12.4. The molecule has 2 aromatic carbocycles. The Kier molecular flexibility index (Phi) is 7.02. The lowest BCUT2D eigenvalue weighted by Gasteiger charge is -2.18. The van der Waals surface area contributed by atoms with Crippen LogP contribution in [0.1, 0.15) is 34.8 Å². The van der Waals surface area contributed by atoms with E-state index in [2.05, 4.69) is 10.7 Å². The van der Waals surface area contributed by atoms with Gasteiger partial charge in [-0.25, -0.2) is 0 Å². The smallest absolute Gasteiger partial charge is 0.311 e. The molecule has 162 valence electrons. The van der Waals surface area contributed by atoms with Crippen molar-refractivity contribution in [3.05, 3.63) is 65.2 Å². The molecule has 2 N–H and O–H groups in total. The summed E-state index contributed by atoms with van der Waals surface area (Å²) in [6, 6.07) is 14.4. The summed E-state index contributed by atoms with van der Waals surface area (Å²) in [5.41, 5.74) is 5.41. The number of benzene rings is 2. The SMILES string of the molecule is CCc1ccccc1NC(=O)COC(=O)[C@@H]1CC(=O)N(NC(=O)c2ccccc2C)C1. The monoisotopic (exact) mass is 423 g/mol. The van der Waals surface area contributed by atoms with Crippen molar-refractivity contribution >= 4 is 29.4 Å². The summed E-state index contributed by atoms with van der Waals surface area (Å²) >= 11 is 0. The zero-order valence-electron chi connectivity index (χ0n) is 17.5. The van der Waals surface area contributed by atoms with Crippen LogP contribution in [0.4, 0.5) is 5.69 Å². The minimum atomic E-state index is -0.750. The van der Waals surface area contributed by atoms with Gasteiger partial charge in [0.25, 0.3) is 11.8 Å². The molecule has 1 heterocycles. The number of aryl methyl sites for hydroxylation is 2. The first-order valence-corrected chi connectivity index (χ1v) is 10.1. The lowest BCUT2D eigenvalue weighted by Crippen LogP contribution is -2.43. The van der Waals surface area contributed by atoms with Crippen LogP contribution in [-0.2, 0) is 25.5 Å². The first-order chi connectivity index (χ1) is 14.9. The fourth-order valence-corrected chi connectivity index (χ4v) is 3.38. The van der Waals surface area contributed by atoms with Crippen molar-refractivity contribution in [2.45, 2.75) is 26.7 Å². The predicted octanol–water partition coefficient (Wildman–Crippen LogP) is 2.23. The number of nitrogens with one attached hydrogen (secondary N) is 2. The van der Waals surface area contributed by atoms with Crippen LogP contribution in [0, 0.1) is 12.8 Å². The molecular formula is C23H25N3O5. The third kappa shape index (κ3) is 5.48. The number of hydrazine groups is 1. The number of ether oxygens (including phenoxy) is 1. The van der Waals surface area contributed by atoms with Crippen molar-refractivity contribution in [1.82, 2.24) is 10.4 Å². The van der Waals surface area contributed by atoms with Gasteiger partial charge in [-0.15, -0.1) is 0 Å². The molecule has 1 aliphatic rings. The second-order valence-corrected chi connectivity index (χ2v) is 7.33. The Morgan fingerprint density at radius 1 is 1.10 bits per heavy atom. The van der Waals surface area contributed by atoms with Crippen LogP contribution in [0.15, 0.2) is 48.5 Å². The molecule has 1 aliphatic heterocycles. The highest BCUT2D eigenvalue weighted by Gasteiger charge is 2.36. The zero-order chi connectivity index (χ0) is 22.4. The van der Waals surface area contributed by atoms with Crippen LogP contribution >= 0.6 is 0 Å². The van der Waals surface area contributed by atoms with E-state index in [4.69, 9.17) is 4.74 Å². The highest BCUT2D eigenvalue weighted by Crippen LogP contribution is 2.19. The molecule has 8 heteroatoms. The molecule has 0 aliphatic carbocycles. The number of hydrogen-bond acceptors (Lipinski definition) is 5. The van der Waals surface area contributed by atoms with Crippen molar-refractivity contribution in [2.24, 2.45) is 5.92 Å². The average Bonchev–Trinajstić information content (AvgIpc) is 3.13. The topological polar surface area (TPSA) is 105 Å². The second-order valence-electron chi connectivity index (χ2n) is 7.33. The third-order valence-electron chi connectivity index (χ3n) is 5.10. The minimum absolute atomic E-state index is 0.00439. The Bertz CT molecular complexity index is 1000. The van der Waals surface area contributed by atoms with E-state index >= 15 is 0 Å². The Hall–Kier alpha value is -3.68. The summed E-state index contributed by atoms with van der Waals surface area (Å²) in [6.45, 7) is 3.32. The average molecular weight is 423 g/mol. The molecule has 0 saturated carbocycles. The van der Waals surface area contributed by atoms with Crippen molar-refractivity contribution < 1.29 is 23.9 Å². The highest BCUT2D eigenvalue weighted by atomic mass is 16.5. The lowest BCUT2D eigenvalue weighted by molar-refractivity contribution is -0.151. The standard InChI is InChI=1S/C23H25N3O5/c1-3-16-9-5-7-11-19(16)24-20(27)14-31-23(30)17-12-21(28)26(13-17)25-22(29)18-10-6-4-8-15(18)2/h4-11,17H,3,12-14H2,1-2H3,(H,24,27)(H,25,29)/t17-/m1/s1. The van der Waals surface area contributed by atoms with E-state index in [-0.39, 0.29) is 18.9 Å². The van der Waals surface area contributed by atoms with Crippen molar-refractivity contribution in [2.75, 3.05) is 18.5 Å². The quantitative estimate of drug-likeness (QED) is 0.665. The van der Waals surface area contributed by atoms with Gasteiger partial charge in [0.05, 0.1) is 12.5 Å². The molecule has 0 aromatic heterocycles. The normalized spacial score (nSPS) is 15.5. The van der Waals surface area contributed by atoms with Gasteiger partial charge in [0.1, 0.15) is 0 Å². The molecule has 0 radical (unpaired) electrons. The van der Waals surface area contributed by atoms with Crippen molar-refractivity contribution in [1.29, 1.82) is 0 Å². The first-order valence-electron chi connectivity index (χ1n) is 10.1. The van der Waals surface area contributed by atoms with E-state index in [9.17, 15) is 19.2 Å². The summed E-state index contributed by atoms with van der Waals surface area (Å²) < 4.78 is 5.10. The van der Waals surface area contributed by atoms with Gasteiger partial charge < -0.3 is 10.1 Å². The molecule has 2 aromatic rings. The molecule has 3 amide bonds. The van der Waals surface area contributed by atoms with E-state index in [0.29, 0.717) is 11.3 Å². The van der Waals surface area contributed by atoms with Gasteiger partial charge in [0.2, 0.25) is 5.91 Å². The van der Waals surface area contributed by atoms with E-state index < -0.39 is 30.3 Å². The summed E-state index contributed by atoms with van der Waals surface area (Å²) in [5, 5.41) is 3.85. The van der Waals surface area contributed by atoms with E-state index in [1.54, 1.807) is 31.2 Å². The van der Waals surface area contributed by atoms with Gasteiger partial charge in [-0.05, 0) is 36.6 Å². The van der Waals surface area contributed by atoms with Gasteiger partial charge in [0, 0.05) is 17.7 Å². The maximum atomic E-state index is 12.4. The number of para-hydroxylation sites is 1. The molecule has 8 nitrogen and oxygen atoms in total. The van der Waals surface area contributed by atoms with Crippen LogP contribution in [0.5, 0.6) is 0 Å². The summed E-state index contributed by atoms with van der Waals surface area (Å²) in [7, 11) is 0. The molecule has 3 rings (SSSR count).